The summed E-state index contributed by atoms with van der Waals surface area (Å²) in [5.41, 5.74) is 1.36. The molecule has 0 nitrogen and oxygen atoms in total. The van der Waals surface area contributed by atoms with Gasteiger partial charge in [-0.1, -0.05) is 50.9 Å². The fourth-order valence-electron chi connectivity index (χ4n) is 0.989. The molecule has 0 bridgehead atoms. The summed E-state index contributed by atoms with van der Waals surface area (Å²) in [5.74, 6) is 0. The monoisotopic (exact) mass is 276 g/mol. The molecule has 1 atom stereocenters. The Labute approximate surface area is 84.3 Å². The number of halogens is 2. The molecular formula is C9H10Br2. The third-order valence-corrected chi connectivity index (χ3v) is 2.22. The van der Waals surface area contributed by atoms with Crippen LogP contribution in [0, 0.1) is 0 Å². The largest absolute Gasteiger partial charge is 0.0890 e. The van der Waals surface area contributed by atoms with E-state index in [1.54, 1.807) is 0 Å². The van der Waals surface area contributed by atoms with E-state index < -0.39 is 0 Å². The molecule has 60 valence electrons. The lowest BCUT2D eigenvalue weighted by atomic mass is 10.1. The average Bonchev–Trinajstić information content (AvgIpc) is 1.85. The SMILES string of the molecule is CC(Br)Cc1cccc(Br)c1. The topological polar surface area (TPSA) is 0 Å². The van der Waals surface area contributed by atoms with Gasteiger partial charge in [-0.15, -0.1) is 0 Å². The molecule has 0 aliphatic carbocycles. The Morgan fingerprint density at radius 1 is 1.45 bits per heavy atom. The molecule has 11 heavy (non-hydrogen) atoms. The first kappa shape index (κ1) is 9.27. The summed E-state index contributed by atoms with van der Waals surface area (Å²) in [6.07, 6.45) is 1.08. The molecule has 0 heterocycles. The molecule has 0 saturated carbocycles. The van der Waals surface area contributed by atoms with Crippen LogP contribution < -0.4 is 0 Å². The highest BCUT2D eigenvalue weighted by molar-refractivity contribution is 9.10. The molecule has 2 heteroatoms. The molecule has 0 amide bonds. The molecule has 0 spiro atoms. The van der Waals surface area contributed by atoms with E-state index in [0.29, 0.717) is 4.83 Å². The van der Waals surface area contributed by atoms with Crippen LogP contribution >= 0.6 is 31.9 Å². The first-order valence-electron chi connectivity index (χ1n) is 3.57. The van der Waals surface area contributed by atoms with Gasteiger partial charge in [0.15, 0.2) is 0 Å². The Balaban J connectivity index is 2.71. The summed E-state index contributed by atoms with van der Waals surface area (Å²) >= 11 is 6.96. The molecule has 0 fully saturated rings. The van der Waals surface area contributed by atoms with Crippen LogP contribution in [0.1, 0.15) is 12.5 Å². The van der Waals surface area contributed by atoms with E-state index in [9.17, 15) is 0 Å². The van der Waals surface area contributed by atoms with E-state index in [4.69, 9.17) is 0 Å². The first-order chi connectivity index (χ1) is 5.18. The van der Waals surface area contributed by atoms with Crippen LogP contribution in [0.25, 0.3) is 0 Å². The van der Waals surface area contributed by atoms with Gasteiger partial charge in [0.2, 0.25) is 0 Å². The van der Waals surface area contributed by atoms with Gasteiger partial charge in [0.25, 0.3) is 0 Å². The summed E-state index contributed by atoms with van der Waals surface area (Å²) in [6, 6.07) is 8.40. The normalized spacial score (nSPS) is 13.0. The predicted octanol–water partition coefficient (Wildman–Crippen LogP) is 3.78. The number of hydrogen-bond acceptors (Lipinski definition) is 0. The van der Waals surface area contributed by atoms with Crippen molar-refractivity contribution in [1.29, 1.82) is 0 Å². The molecule has 0 radical (unpaired) electrons. The molecule has 1 rings (SSSR count). The van der Waals surface area contributed by atoms with Crippen LogP contribution in [-0.2, 0) is 6.42 Å². The summed E-state index contributed by atoms with van der Waals surface area (Å²) in [4.78, 5) is 0.553. The summed E-state index contributed by atoms with van der Waals surface area (Å²) in [5, 5.41) is 0. The maximum atomic E-state index is 3.52. The van der Waals surface area contributed by atoms with Crippen molar-refractivity contribution in [1.82, 2.24) is 0 Å². The maximum absolute atomic E-state index is 3.52. The van der Waals surface area contributed by atoms with Gasteiger partial charge >= 0.3 is 0 Å². The van der Waals surface area contributed by atoms with Gasteiger partial charge in [0, 0.05) is 9.30 Å². The quantitative estimate of drug-likeness (QED) is 0.722. The molecule has 0 saturated heterocycles. The Morgan fingerprint density at radius 3 is 2.73 bits per heavy atom. The highest BCUT2D eigenvalue weighted by Gasteiger charge is 1.98. The standard InChI is InChI=1S/C9H10Br2/c1-7(10)5-8-3-2-4-9(11)6-8/h2-4,6-7H,5H2,1H3. The molecular weight excluding hydrogens is 268 g/mol. The van der Waals surface area contributed by atoms with E-state index >= 15 is 0 Å². The molecule has 0 aliphatic rings. The minimum atomic E-state index is 0.553. The maximum Gasteiger partial charge on any atom is 0.0178 e. The van der Waals surface area contributed by atoms with Crippen LogP contribution in [0.3, 0.4) is 0 Å². The molecule has 0 N–H and O–H groups in total. The van der Waals surface area contributed by atoms with Gasteiger partial charge in [0.05, 0.1) is 0 Å². The second-order valence-electron chi connectivity index (χ2n) is 2.61. The van der Waals surface area contributed by atoms with Crippen LogP contribution in [-0.4, -0.2) is 4.83 Å². The smallest absolute Gasteiger partial charge is 0.0178 e. The zero-order chi connectivity index (χ0) is 8.27. The van der Waals surface area contributed by atoms with Crippen LogP contribution in [0.4, 0.5) is 0 Å². The predicted molar refractivity (Wildman–Crippen MR) is 56.2 cm³/mol. The van der Waals surface area contributed by atoms with E-state index in [1.807, 2.05) is 6.07 Å². The number of benzene rings is 1. The average molecular weight is 278 g/mol. The number of rotatable bonds is 2. The van der Waals surface area contributed by atoms with Crippen molar-refractivity contribution in [3.05, 3.63) is 34.3 Å². The number of alkyl halides is 1. The summed E-state index contributed by atoms with van der Waals surface area (Å²) in [6.45, 7) is 2.15. The van der Waals surface area contributed by atoms with Crippen molar-refractivity contribution in [2.45, 2.75) is 18.2 Å². The zero-order valence-electron chi connectivity index (χ0n) is 6.35. The Hall–Kier alpha value is 0.180. The molecule has 1 aromatic carbocycles. The van der Waals surface area contributed by atoms with Crippen molar-refractivity contribution in [2.75, 3.05) is 0 Å². The Bertz CT molecular complexity index is 231. The Morgan fingerprint density at radius 2 is 2.18 bits per heavy atom. The van der Waals surface area contributed by atoms with Crippen molar-refractivity contribution in [3.63, 3.8) is 0 Å². The lowest BCUT2D eigenvalue weighted by Gasteiger charge is -2.02. The fourth-order valence-corrected chi connectivity index (χ4v) is 1.81. The molecule has 1 aromatic rings. The van der Waals surface area contributed by atoms with Gasteiger partial charge in [-0.3, -0.25) is 0 Å². The van der Waals surface area contributed by atoms with Crippen LogP contribution in [0.15, 0.2) is 28.7 Å². The molecule has 0 aromatic heterocycles. The van der Waals surface area contributed by atoms with E-state index in [2.05, 4.69) is 57.0 Å². The van der Waals surface area contributed by atoms with Gasteiger partial charge in [-0.05, 0) is 24.1 Å². The number of hydrogen-bond donors (Lipinski definition) is 0. The lowest BCUT2D eigenvalue weighted by Crippen LogP contribution is -1.95. The van der Waals surface area contributed by atoms with Crippen molar-refractivity contribution < 1.29 is 0 Å². The lowest BCUT2D eigenvalue weighted by molar-refractivity contribution is 0.959. The van der Waals surface area contributed by atoms with Gasteiger partial charge in [0.1, 0.15) is 0 Å². The second kappa shape index (κ2) is 4.27. The van der Waals surface area contributed by atoms with E-state index in [-0.39, 0.29) is 0 Å². The van der Waals surface area contributed by atoms with Gasteiger partial charge in [-0.25, -0.2) is 0 Å². The van der Waals surface area contributed by atoms with E-state index in [0.717, 1.165) is 10.9 Å². The molecule has 1 unspecified atom stereocenters. The first-order valence-corrected chi connectivity index (χ1v) is 5.28. The molecule has 0 aliphatic heterocycles. The van der Waals surface area contributed by atoms with Crippen molar-refractivity contribution in [2.24, 2.45) is 0 Å². The summed E-state index contributed by atoms with van der Waals surface area (Å²) < 4.78 is 1.16. The zero-order valence-corrected chi connectivity index (χ0v) is 9.52. The Kier molecular flexibility index (Phi) is 3.60. The van der Waals surface area contributed by atoms with Crippen LogP contribution in [0.5, 0.6) is 0 Å². The summed E-state index contributed by atoms with van der Waals surface area (Å²) in [7, 11) is 0. The van der Waals surface area contributed by atoms with Crippen LogP contribution in [0.2, 0.25) is 0 Å². The van der Waals surface area contributed by atoms with Gasteiger partial charge < -0.3 is 0 Å². The third kappa shape index (κ3) is 3.39. The van der Waals surface area contributed by atoms with Crippen molar-refractivity contribution in [3.8, 4) is 0 Å². The van der Waals surface area contributed by atoms with Gasteiger partial charge in [-0.2, -0.15) is 0 Å². The third-order valence-electron chi connectivity index (χ3n) is 1.41. The van der Waals surface area contributed by atoms with E-state index in [1.165, 1.54) is 5.56 Å². The van der Waals surface area contributed by atoms with Crippen molar-refractivity contribution >= 4 is 31.9 Å². The highest BCUT2D eigenvalue weighted by Crippen LogP contribution is 2.14. The fraction of sp³-hybridized carbons (Fsp3) is 0.333. The highest BCUT2D eigenvalue weighted by atomic mass is 79.9. The minimum Gasteiger partial charge on any atom is -0.0890 e. The minimum absolute atomic E-state index is 0.553. The second-order valence-corrected chi connectivity index (χ2v) is 5.09.